The molecule has 1 fully saturated rings. The highest BCUT2D eigenvalue weighted by atomic mass is 16.3. The fourth-order valence-corrected chi connectivity index (χ4v) is 2.67. The van der Waals surface area contributed by atoms with Crippen molar-refractivity contribution >= 4 is 11.9 Å². The summed E-state index contributed by atoms with van der Waals surface area (Å²) in [6, 6.07) is 1.75. The Morgan fingerprint density at radius 1 is 1.35 bits per heavy atom. The second-order valence-corrected chi connectivity index (χ2v) is 5.82. The molecule has 122 valence electrons. The van der Waals surface area contributed by atoms with Crippen LogP contribution in [0.25, 0.3) is 0 Å². The van der Waals surface area contributed by atoms with E-state index in [0.717, 1.165) is 5.82 Å². The van der Waals surface area contributed by atoms with E-state index in [1.54, 1.807) is 35.4 Å². The first-order valence-corrected chi connectivity index (χ1v) is 7.55. The molecule has 0 saturated carbocycles. The second-order valence-electron chi connectivity index (χ2n) is 5.82. The zero-order valence-electron chi connectivity index (χ0n) is 13.0. The molecule has 1 atom stereocenters. The van der Waals surface area contributed by atoms with E-state index in [9.17, 15) is 9.90 Å². The number of carbonyl (C=O) groups is 1. The Morgan fingerprint density at radius 2 is 2.13 bits per heavy atom. The summed E-state index contributed by atoms with van der Waals surface area (Å²) in [6.45, 7) is 3.32. The number of aryl methyl sites for hydroxylation is 1. The molecule has 8 nitrogen and oxygen atoms in total. The number of β-amino-alcohol motifs (C(OH)–C–C–N with tert-alkyl or cyclic N) is 1. The van der Waals surface area contributed by atoms with Crippen LogP contribution in [0.1, 0.15) is 12.2 Å². The van der Waals surface area contributed by atoms with Crippen LogP contribution in [0.4, 0.5) is 5.95 Å². The highest BCUT2D eigenvalue weighted by molar-refractivity contribution is 5.75. The number of nitrogens with one attached hydrogen (secondary N) is 1. The Labute approximate surface area is 134 Å². The normalized spacial score (nSPS) is 20.7. The quantitative estimate of drug-likeness (QED) is 0.789. The zero-order chi connectivity index (χ0) is 16.3. The fraction of sp³-hybridized carbons (Fsp3) is 0.467. The molecule has 0 bridgehead atoms. The van der Waals surface area contributed by atoms with Crippen molar-refractivity contribution in [3.05, 3.63) is 36.7 Å². The Balaban J connectivity index is 1.52. The maximum atomic E-state index is 12.0. The highest BCUT2D eigenvalue weighted by Gasteiger charge is 2.37. The third-order valence-electron chi connectivity index (χ3n) is 4.02. The lowest BCUT2D eigenvalue weighted by Gasteiger charge is -2.23. The van der Waals surface area contributed by atoms with Crippen molar-refractivity contribution in [2.75, 3.05) is 24.5 Å². The molecule has 1 amide bonds. The molecule has 0 aliphatic carbocycles. The van der Waals surface area contributed by atoms with Crippen LogP contribution in [-0.4, -0.2) is 55.8 Å². The van der Waals surface area contributed by atoms with E-state index in [1.165, 1.54) is 0 Å². The SMILES string of the molecule is Cc1nccn1CC(=O)NC[C@]1(O)CCN(c2ncccn2)C1. The fourth-order valence-electron chi connectivity index (χ4n) is 2.67. The first-order valence-electron chi connectivity index (χ1n) is 7.55. The maximum Gasteiger partial charge on any atom is 0.240 e. The van der Waals surface area contributed by atoms with E-state index in [4.69, 9.17) is 0 Å². The minimum Gasteiger partial charge on any atom is -0.386 e. The minimum absolute atomic E-state index is 0.145. The average Bonchev–Trinajstić information content (AvgIpc) is 3.14. The van der Waals surface area contributed by atoms with Crippen molar-refractivity contribution in [1.82, 2.24) is 24.8 Å². The summed E-state index contributed by atoms with van der Waals surface area (Å²) in [5.74, 6) is 1.24. The van der Waals surface area contributed by atoms with Gasteiger partial charge in [-0.25, -0.2) is 15.0 Å². The molecule has 0 aromatic carbocycles. The van der Waals surface area contributed by atoms with Gasteiger partial charge >= 0.3 is 0 Å². The highest BCUT2D eigenvalue weighted by Crippen LogP contribution is 2.23. The van der Waals surface area contributed by atoms with E-state index in [-0.39, 0.29) is 19.0 Å². The molecule has 2 aromatic rings. The molecular formula is C15H20N6O2. The predicted octanol–water partition coefficient (Wildman–Crippen LogP) is -0.261. The standard InChI is InChI=1S/C15H20N6O2/c1-12-16-6-8-20(12)9-13(22)19-10-15(23)3-7-21(11-15)14-17-4-2-5-18-14/h2,4-6,8,23H,3,7,9-11H2,1H3,(H,19,22)/t15-/m1/s1. The predicted molar refractivity (Wildman–Crippen MR) is 83.8 cm³/mol. The van der Waals surface area contributed by atoms with Gasteiger partial charge in [0.15, 0.2) is 0 Å². The van der Waals surface area contributed by atoms with E-state index in [0.29, 0.717) is 25.5 Å². The van der Waals surface area contributed by atoms with Gasteiger partial charge in [0.25, 0.3) is 0 Å². The van der Waals surface area contributed by atoms with E-state index in [2.05, 4.69) is 20.3 Å². The Kier molecular flexibility index (Phi) is 4.24. The van der Waals surface area contributed by atoms with Gasteiger partial charge in [0, 0.05) is 37.9 Å². The van der Waals surface area contributed by atoms with E-state index < -0.39 is 5.60 Å². The number of aliphatic hydroxyl groups is 1. The van der Waals surface area contributed by atoms with Crippen LogP contribution < -0.4 is 10.2 Å². The van der Waals surface area contributed by atoms with E-state index in [1.807, 2.05) is 11.8 Å². The van der Waals surface area contributed by atoms with Crippen LogP contribution in [0.3, 0.4) is 0 Å². The van der Waals surface area contributed by atoms with Crippen LogP contribution in [0.5, 0.6) is 0 Å². The average molecular weight is 316 g/mol. The molecule has 2 N–H and O–H groups in total. The molecule has 23 heavy (non-hydrogen) atoms. The molecule has 8 heteroatoms. The van der Waals surface area contributed by atoms with E-state index >= 15 is 0 Å². The lowest BCUT2D eigenvalue weighted by Crippen LogP contribution is -2.45. The van der Waals surface area contributed by atoms with Gasteiger partial charge in [0.05, 0.1) is 6.54 Å². The maximum absolute atomic E-state index is 12.0. The third-order valence-corrected chi connectivity index (χ3v) is 4.02. The van der Waals surface area contributed by atoms with Crippen molar-refractivity contribution in [3.8, 4) is 0 Å². The second kappa shape index (κ2) is 6.33. The Bertz CT molecular complexity index is 674. The molecule has 3 heterocycles. The first-order chi connectivity index (χ1) is 11.1. The number of hydrogen-bond donors (Lipinski definition) is 2. The Morgan fingerprint density at radius 3 is 2.83 bits per heavy atom. The van der Waals surface area contributed by atoms with Crippen LogP contribution in [-0.2, 0) is 11.3 Å². The number of amides is 1. The molecule has 1 aliphatic rings. The Hall–Kier alpha value is -2.48. The van der Waals surface area contributed by atoms with Gasteiger partial charge in [-0.1, -0.05) is 0 Å². The monoisotopic (exact) mass is 316 g/mol. The largest absolute Gasteiger partial charge is 0.386 e. The summed E-state index contributed by atoms with van der Waals surface area (Å²) in [5.41, 5.74) is -0.959. The van der Waals surface area contributed by atoms with Crippen LogP contribution in [0.15, 0.2) is 30.9 Å². The number of nitrogens with zero attached hydrogens (tertiary/aromatic N) is 5. The number of rotatable bonds is 5. The van der Waals surface area contributed by atoms with Gasteiger partial charge in [-0.2, -0.15) is 0 Å². The van der Waals surface area contributed by atoms with Crippen molar-refractivity contribution in [1.29, 1.82) is 0 Å². The summed E-state index contributed by atoms with van der Waals surface area (Å²) < 4.78 is 1.76. The van der Waals surface area contributed by atoms with Gasteiger partial charge in [-0.3, -0.25) is 4.79 Å². The molecule has 2 aromatic heterocycles. The molecular weight excluding hydrogens is 296 g/mol. The van der Waals surface area contributed by atoms with Crippen molar-refractivity contribution < 1.29 is 9.90 Å². The van der Waals surface area contributed by atoms with Crippen LogP contribution in [0, 0.1) is 6.92 Å². The molecule has 1 saturated heterocycles. The lowest BCUT2D eigenvalue weighted by atomic mass is 10.0. The lowest BCUT2D eigenvalue weighted by molar-refractivity contribution is -0.122. The summed E-state index contributed by atoms with van der Waals surface area (Å²) in [7, 11) is 0. The zero-order valence-corrected chi connectivity index (χ0v) is 13.0. The minimum atomic E-state index is -0.959. The summed E-state index contributed by atoms with van der Waals surface area (Å²) in [5, 5.41) is 13.4. The number of imidazole rings is 1. The topological polar surface area (TPSA) is 96.2 Å². The summed E-state index contributed by atoms with van der Waals surface area (Å²) >= 11 is 0. The number of aromatic nitrogens is 4. The smallest absolute Gasteiger partial charge is 0.240 e. The number of carbonyl (C=O) groups excluding carboxylic acids is 1. The summed E-state index contributed by atoms with van der Waals surface area (Å²) in [4.78, 5) is 26.4. The van der Waals surface area contributed by atoms with Gasteiger partial charge in [-0.15, -0.1) is 0 Å². The van der Waals surface area contributed by atoms with Crippen molar-refractivity contribution in [2.24, 2.45) is 0 Å². The molecule has 0 radical (unpaired) electrons. The third kappa shape index (κ3) is 3.65. The van der Waals surface area contributed by atoms with Gasteiger partial charge in [-0.05, 0) is 19.4 Å². The van der Waals surface area contributed by atoms with Crippen molar-refractivity contribution in [2.45, 2.75) is 25.5 Å². The van der Waals surface area contributed by atoms with Gasteiger partial charge in [0.1, 0.15) is 18.0 Å². The van der Waals surface area contributed by atoms with Gasteiger partial charge < -0.3 is 19.9 Å². The molecule has 0 unspecified atom stereocenters. The molecule has 1 aliphatic heterocycles. The molecule has 0 spiro atoms. The molecule has 3 rings (SSSR count). The van der Waals surface area contributed by atoms with Crippen LogP contribution in [0.2, 0.25) is 0 Å². The first kappa shape index (κ1) is 15.4. The number of hydrogen-bond acceptors (Lipinski definition) is 6. The van der Waals surface area contributed by atoms with Crippen molar-refractivity contribution in [3.63, 3.8) is 0 Å². The summed E-state index contributed by atoms with van der Waals surface area (Å²) in [6.07, 6.45) is 7.33. The van der Waals surface area contributed by atoms with Crippen LogP contribution >= 0.6 is 0 Å². The number of anilines is 1. The van der Waals surface area contributed by atoms with Gasteiger partial charge in [0.2, 0.25) is 11.9 Å².